The lowest BCUT2D eigenvalue weighted by molar-refractivity contribution is 0.579. The molecule has 20 heavy (non-hydrogen) atoms. The third kappa shape index (κ3) is 2.70. The van der Waals surface area contributed by atoms with E-state index >= 15 is 0 Å². The molecule has 1 saturated carbocycles. The first-order chi connectivity index (χ1) is 9.58. The number of aromatic nitrogens is 1. The SMILES string of the molecule is O=S(=O)(NC1CC1c1ccccc1)c1cnccc1Cl. The maximum absolute atomic E-state index is 12.2. The zero-order valence-corrected chi connectivity index (χ0v) is 12.1. The average Bonchev–Trinajstić information content (AvgIpc) is 3.18. The average molecular weight is 309 g/mol. The number of benzene rings is 1. The van der Waals surface area contributed by atoms with Crippen molar-refractivity contribution in [3.05, 3.63) is 59.4 Å². The second kappa shape index (κ2) is 5.16. The highest BCUT2D eigenvalue weighted by Gasteiger charge is 2.41. The Hall–Kier alpha value is -1.43. The van der Waals surface area contributed by atoms with Crippen molar-refractivity contribution < 1.29 is 8.42 Å². The van der Waals surface area contributed by atoms with Crippen molar-refractivity contribution in [1.82, 2.24) is 9.71 Å². The van der Waals surface area contributed by atoms with Crippen LogP contribution in [0.25, 0.3) is 0 Å². The Morgan fingerprint density at radius 2 is 1.95 bits per heavy atom. The minimum Gasteiger partial charge on any atom is -0.263 e. The van der Waals surface area contributed by atoms with Crippen LogP contribution in [0.5, 0.6) is 0 Å². The monoisotopic (exact) mass is 308 g/mol. The predicted molar refractivity (Wildman–Crippen MR) is 77.2 cm³/mol. The van der Waals surface area contributed by atoms with Crippen molar-refractivity contribution in [2.75, 3.05) is 0 Å². The number of pyridine rings is 1. The van der Waals surface area contributed by atoms with Crippen molar-refractivity contribution in [2.45, 2.75) is 23.3 Å². The van der Waals surface area contributed by atoms with Crippen LogP contribution in [0.2, 0.25) is 5.02 Å². The third-order valence-corrected chi connectivity index (χ3v) is 5.31. The van der Waals surface area contributed by atoms with Crippen molar-refractivity contribution >= 4 is 21.6 Å². The number of sulfonamides is 1. The van der Waals surface area contributed by atoms with Crippen LogP contribution >= 0.6 is 11.6 Å². The Labute approximate surface area is 122 Å². The van der Waals surface area contributed by atoms with E-state index in [9.17, 15) is 8.42 Å². The van der Waals surface area contributed by atoms with Crippen LogP contribution in [-0.2, 0) is 10.0 Å². The summed E-state index contributed by atoms with van der Waals surface area (Å²) in [6.07, 6.45) is 3.54. The number of nitrogens with zero attached hydrogens (tertiary/aromatic N) is 1. The minimum atomic E-state index is -3.61. The molecule has 0 spiro atoms. The highest BCUT2D eigenvalue weighted by atomic mass is 35.5. The van der Waals surface area contributed by atoms with Gasteiger partial charge in [0.25, 0.3) is 0 Å². The first-order valence-electron chi connectivity index (χ1n) is 6.25. The Balaban J connectivity index is 1.75. The van der Waals surface area contributed by atoms with Crippen LogP contribution in [0.4, 0.5) is 0 Å². The normalized spacial score (nSPS) is 21.6. The lowest BCUT2D eigenvalue weighted by atomic mass is 10.1. The van der Waals surface area contributed by atoms with Crippen LogP contribution in [0.1, 0.15) is 17.9 Å². The van der Waals surface area contributed by atoms with Gasteiger partial charge in [-0.05, 0) is 18.1 Å². The van der Waals surface area contributed by atoms with E-state index in [0.29, 0.717) is 0 Å². The molecule has 1 heterocycles. The van der Waals surface area contributed by atoms with Crippen molar-refractivity contribution in [3.63, 3.8) is 0 Å². The molecule has 1 aromatic heterocycles. The molecule has 0 bridgehead atoms. The Kier molecular flexibility index (Phi) is 3.50. The van der Waals surface area contributed by atoms with Gasteiger partial charge in [-0.3, -0.25) is 4.98 Å². The summed E-state index contributed by atoms with van der Waals surface area (Å²) in [6, 6.07) is 11.3. The first-order valence-corrected chi connectivity index (χ1v) is 8.11. The van der Waals surface area contributed by atoms with Crippen LogP contribution in [-0.4, -0.2) is 19.4 Å². The largest absolute Gasteiger partial charge is 0.263 e. The van der Waals surface area contributed by atoms with E-state index in [2.05, 4.69) is 9.71 Å². The van der Waals surface area contributed by atoms with Gasteiger partial charge in [0.1, 0.15) is 4.90 Å². The van der Waals surface area contributed by atoms with Gasteiger partial charge >= 0.3 is 0 Å². The molecule has 1 aromatic carbocycles. The molecule has 1 aliphatic rings. The van der Waals surface area contributed by atoms with E-state index < -0.39 is 10.0 Å². The van der Waals surface area contributed by atoms with Crippen LogP contribution < -0.4 is 4.72 Å². The molecule has 0 aliphatic heterocycles. The molecule has 3 rings (SSSR count). The number of hydrogen-bond donors (Lipinski definition) is 1. The maximum atomic E-state index is 12.2. The van der Waals surface area contributed by atoms with Crippen molar-refractivity contribution in [3.8, 4) is 0 Å². The lowest BCUT2D eigenvalue weighted by Crippen LogP contribution is -2.27. The van der Waals surface area contributed by atoms with E-state index in [-0.39, 0.29) is 21.9 Å². The molecule has 6 heteroatoms. The van der Waals surface area contributed by atoms with Crippen LogP contribution in [0, 0.1) is 0 Å². The Bertz CT molecular complexity index is 719. The fourth-order valence-electron chi connectivity index (χ4n) is 2.22. The molecule has 104 valence electrons. The Morgan fingerprint density at radius 1 is 1.20 bits per heavy atom. The zero-order valence-electron chi connectivity index (χ0n) is 10.5. The first kappa shape index (κ1) is 13.5. The summed E-state index contributed by atoms with van der Waals surface area (Å²) >= 11 is 5.91. The van der Waals surface area contributed by atoms with Gasteiger partial charge < -0.3 is 0 Å². The van der Waals surface area contributed by atoms with Gasteiger partial charge in [-0.15, -0.1) is 0 Å². The summed E-state index contributed by atoms with van der Waals surface area (Å²) in [7, 11) is -3.61. The second-order valence-electron chi connectivity index (χ2n) is 4.79. The molecule has 2 unspecified atom stereocenters. The molecule has 2 atom stereocenters. The Morgan fingerprint density at radius 3 is 2.65 bits per heavy atom. The molecule has 0 saturated heterocycles. The minimum absolute atomic E-state index is 0.0281. The second-order valence-corrected chi connectivity index (χ2v) is 6.88. The quantitative estimate of drug-likeness (QED) is 0.944. The molecular weight excluding hydrogens is 296 g/mol. The van der Waals surface area contributed by atoms with Gasteiger partial charge in [-0.2, -0.15) is 0 Å². The molecule has 1 N–H and O–H groups in total. The molecule has 2 aromatic rings. The summed E-state index contributed by atoms with van der Waals surface area (Å²) in [5, 5.41) is 0.185. The van der Waals surface area contributed by atoms with Gasteiger partial charge in [0.2, 0.25) is 10.0 Å². The molecule has 0 radical (unpaired) electrons. The van der Waals surface area contributed by atoms with E-state index in [1.54, 1.807) is 0 Å². The third-order valence-electron chi connectivity index (χ3n) is 3.35. The summed E-state index contributed by atoms with van der Waals surface area (Å²) in [5.74, 6) is 0.237. The van der Waals surface area contributed by atoms with Crippen molar-refractivity contribution in [1.29, 1.82) is 0 Å². The van der Waals surface area contributed by atoms with Gasteiger partial charge in [0, 0.05) is 24.4 Å². The van der Waals surface area contributed by atoms with E-state index in [1.165, 1.54) is 18.5 Å². The van der Waals surface area contributed by atoms with Gasteiger partial charge in [0.15, 0.2) is 0 Å². The smallest absolute Gasteiger partial charge is 0.243 e. The molecule has 1 aliphatic carbocycles. The molecule has 0 amide bonds. The fourth-order valence-corrected chi connectivity index (χ4v) is 3.94. The molecule has 4 nitrogen and oxygen atoms in total. The highest BCUT2D eigenvalue weighted by molar-refractivity contribution is 7.89. The summed E-state index contributed by atoms with van der Waals surface area (Å²) < 4.78 is 27.2. The highest BCUT2D eigenvalue weighted by Crippen LogP contribution is 2.41. The maximum Gasteiger partial charge on any atom is 0.243 e. The lowest BCUT2D eigenvalue weighted by Gasteiger charge is -2.07. The van der Waals surface area contributed by atoms with E-state index in [4.69, 9.17) is 11.6 Å². The standard InChI is InChI=1S/C14H13ClN2O2S/c15-12-6-7-16-9-14(12)20(18,19)17-13-8-11(13)10-4-2-1-3-5-10/h1-7,9,11,13,17H,8H2. The summed E-state index contributed by atoms with van der Waals surface area (Å²) in [5.41, 5.74) is 1.15. The van der Waals surface area contributed by atoms with Crippen LogP contribution in [0.3, 0.4) is 0 Å². The molecule has 1 fully saturated rings. The number of nitrogens with one attached hydrogen (secondary N) is 1. The fraction of sp³-hybridized carbons (Fsp3) is 0.214. The summed E-state index contributed by atoms with van der Waals surface area (Å²) in [6.45, 7) is 0. The molecular formula is C14H13ClN2O2S. The summed E-state index contributed by atoms with van der Waals surface area (Å²) in [4.78, 5) is 3.84. The van der Waals surface area contributed by atoms with Gasteiger partial charge in [0.05, 0.1) is 5.02 Å². The zero-order chi connectivity index (χ0) is 14.2. The van der Waals surface area contributed by atoms with Crippen LogP contribution in [0.15, 0.2) is 53.7 Å². The number of halogens is 1. The van der Waals surface area contributed by atoms with E-state index in [1.807, 2.05) is 30.3 Å². The van der Waals surface area contributed by atoms with E-state index in [0.717, 1.165) is 12.0 Å². The van der Waals surface area contributed by atoms with Crippen molar-refractivity contribution in [2.24, 2.45) is 0 Å². The number of hydrogen-bond acceptors (Lipinski definition) is 3. The van der Waals surface area contributed by atoms with Gasteiger partial charge in [-0.25, -0.2) is 13.1 Å². The van der Waals surface area contributed by atoms with Gasteiger partial charge in [-0.1, -0.05) is 41.9 Å². The predicted octanol–water partition coefficient (Wildman–Crippen LogP) is 2.57. The number of rotatable bonds is 4. The topological polar surface area (TPSA) is 59.1 Å².